The van der Waals surface area contributed by atoms with Crippen molar-refractivity contribution in [1.29, 1.82) is 0 Å². The Hall–Kier alpha value is -2.05. The lowest BCUT2D eigenvalue weighted by Crippen LogP contribution is -2.42. The van der Waals surface area contributed by atoms with E-state index >= 15 is 0 Å². The van der Waals surface area contributed by atoms with Crippen LogP contribution in [0, 0.1) is 0 Å². The minimum Gasteiger partial charge on any atom is -0.395 e. The molecule has 2 amide bonds. The molecule has 7 nitrogen and oxygen atoms in total. The molecule has 0 bridgehead atoms. The molecular weight excluding hydrogens is 222 g/mol. The fourth-order valence-electron chi connectivity index (χ4n) is 1.31. The molecule has 1 aromatic heterocycles. The summed E-state index contributed by atoms with van der Waals surface area (Å²) in [6.45, 7) is 5.35. The Morgan fingerprint density at radius 2 is 1.94 bits per heavy atom. The van der Waals surface area contributed by atoms with E-state index in [1.165, 1.54) is 6.92 Å². The molecule has 0 spiro atoms. The van der Waals surface area contributed by atoms with Crippen LogP contribution in [-0.2, 0) is 4.79 Å². The molecule has 0 radical (unpaired) electrons. The van der Waals surface area contributed by atoms with Gasteiger partial charge in [-0.2, -0.15) is 5.10 Å². The maximum absolute atomic E-state index is 11.7. The molecular formula is C10H17N5O2. The molecule has 0 aromatic carbocycles. The van der Waals surface area contributed by atoms with Crippen molar-refractivity contribution >= 4 is 17.5 Å². The van der Waals surface area contributed by atoms with Gasteiger partial charge in [0.15, 0.2) is 5.69 Å². The van der Waals surface area contributed by atoms with Crippen LogP contribution in [0.25, 0.3) is 0 Å². The number of nitrogens with two attached hydrogens (primary N) is 2. The second-order valence-corrected chi connectivity index (χ2v) is 4.15. The van der Waals surface area contributed by atoms with E-state index in [0.717, 1.165) is 0 Å². The third-order valence-corrected chi connectivity index (χ3v) is 2.40. The van der Waals surface area contributed by atoms with Gasteiger partial charge in [-0.05, 0) is 12.8 Å². The van der Waals surface area contributed by atoms with E-state index in [4.69, 9.17) is 11.5 Å². The van der Waals surface area contributed by atoms with Crippen molar-refractivity contribution in [2.75, 3.05) is 5.73 Å². The SMILES string of the molecule is CC(NC(=O)c1n[nH]c(C(C)C)c1N)C(N)=O. The van der Waals surface area contributed by atoms with Crippen LogP contribution in [0.1, 0.15) is 42.9 Å². The number of nitrogens with zero attached hydrogens (tertiary/aromatic N) is 1. The number of aromatic nitrogens is 2. The number of H-pyrrole nitrogens is 1. The molecule has 0 fully saturated rings. The van der Waals surface area contributed by atoms with Gasteiger partial charge in [0.2, 0.25) is 5.91 Å². The van der Waals surface area contributed by atoms with Crippen LogP contribution < -0.4 is 16.8 Å². The van der Waals surface area contributed by atoms with Crippen molar-refractivity contribution in [3.8, 4) is 0 Å². The molecule has 1 heterocycles. The van der Waals surface area contributed by atoms with Crippen molar-refractivity contribution in [3.63, 3.8) is 0 Å². The van der Waals surface area contributed by atoms with Crippen LogP contribution in [0.3, 0.4) is 0 Å². The van der Waals surface area contributed by atoms with E-state index < -0.39 is 17.9 Å². The van der Waals surface area contributed by atoms with Crippen LogP contribution in [0.4, 0.5) is 5.69 Å². The molecule has 17 heavy (non-hydrogen) atoms. The van der Waals surface area contributed by atoms with Crippen LogP contribution in [0.15, 0.2) is 0 Å². The normalized spacial score (nSPS) is 12.5. The highest BCUT2D eigenvalue weighted by atomic mass is 16.2. The van der Waals surface area contributed by atoms with Crippen LogP contribution >= 0.6 is 0 Å². The number of aromatic amines is 1. The van der Waals surface area contributed by atoms with Gasteiger partial charge >= 0.3 is 0 Å². The van der Waals surface area contributed by atoms with Gasteiger partial charge in [0.05, 0.1) is 11.4 Å². The van der Waals surface area contributed by atoms with E-state index in [2.05, 4.69) is 15.5 Å². The largest absolute Gasteiger partial charge is 0.395 e. The van der Waals surface area contributed by atoms with Gasteiger partial charge in [-0.25, -0.2) is 0 Å². The third kappa shape index (κ3) is 2.74. The number of rotatable bonds is 4. The molecule has 6 N–H and O–H groups in total. The standard InChI is InChI=1S/C10H17N5O2/c1-4(2)7-6(11)8(15-14-7)10(17)13-5(3)9(12)16/h4-5H,11H2,1-3H3,(H2,12,16)(H,13,17)(H,14,15). The Morgan fingerprint density at radius 1 is 1.35 bits per heavy atom. The summed E-state index contributed by atoms with van der Waals surface area (Å²) in [6.07, 6.45) is 0. The predicted molar refractivity (Wildman–Crippen MR) is 63.2 cm³/mol. The fourth-order valence-corrected chi connectivity index (χ4v) is 1.31. The highest BCUT2D eigenvalue weighted by molar-refractivity contribution is 5.99. The summed E-state index contributed by atoms with van der Waals surface area (Å²) in [6, 6.07) is -0.763. The number of hydrogen-bond donors (Lipinski definition) is 4. The Kier molecular flexibility index (Phi) is 3.72. The topological polar surface area (TPSA) is 127 Å². The minimum atomic E-state index is -0.763. The average molecular weight is 239 g/mol. The van der Waals surface area contributed by atoms with Crippen molar-refractivity contribution in [2.24, 2.45) is 5.73 Å². The van der Waals surface area contributed by atoms with Gasteiger partial charge in [-0.15, -0.1) is 0 Å². The number of primary amides is 1. The summed E-state index contributed by atoms with van der Waals surface area (Å²) in [5, 5.41) is 8.95. The number of nitrogens with one attached hydrogen (secondary N) is 2. The zero-order valence-corrected chi connectivity index (χ0v) is 10.1. The predicted octanol–water partition coefficient (Wildman–Crippen LogP) is -0.281. The number of anilines is 1. The summed E-state index contributed by atoms with van der Waals surface area (Å²) in [5.41, 5.74) is 11.9. The number of carbonyl (C=O) groups is 2. The smallest absolute Gasteiger partial charge is 0.274 e. The lowest BCUT2D eigenvalue weighted by molar-refractivity contribution is -0.119. The molecule has 0 aliphatic heterocycles. The third-order valence-electron chi connectivity index (χ3n) is 2.40. The Balaban J connectivity index is 2.87. The van der Waals surface area contributed by atoms with E-state index in [9.17, 15) is 9.59 Å². The first-order valence-corrected chi connectivity index (χ1v) is 5.28. The number of carbonyl (C=O) groups excluding carboxylic acids is 2. The summed E-state index contributed by atoms with van der Waals surface area (Å²) in [7, 11) is 0. The number of nitrogen functional groups attached to an aromatic ring is 1. The summed E-state index contributed by atoms with van der Waals surface area (Å²) in [5.74, 6) is -0.994. The monoisotopic (exact) mass is 239 g/mol. The number of hydrogen-bond acceptors (Lipinski definition) is 4. The van der Waals surface area contributed by atoms with Crippen molar-refractivity contribution in [1.82, 2.24) is 15.5 Å². The van der Waals surface area contributed by atoms with Gasteiger partial charge in [-0.3, -0.25) is 14.7 Å². The average Bonchev–Trinajstić information content (AvgIpc) is 2.59. The first-order valence-electron chi connectivity index (χ1n) is 5.28. The Bertz CT molecular complexity index is 438. The molecule has 0 aliphatic rings. The summed E-state index contributed by atoms with van der Waals surface area (Å²) >= 11 is 0. The van der Waals surface area contributed by atoms with Crippen molar-refractivity contribution in [2.45, 2.75) is 32.7 Å². The van der Waals surface area contributed by atoms with Gasteiger partial charge < -0.3 is 16.8 Å². The maximum Gasteiger partial charge on any atom is 0.274 e. The zero-order chi connectivity index (χ0) is 13.2. The van der Waals surface area contributed by atoms with Crippen molar-refractivity contribution in [3.05, 3.63) is 11.4 Å². The molecule has 1 unspecified atom stereocenters. The van der Waals surface area contributed by atoms with Crippen LogP contribution in [0.2, 0.25) is 0 Å². The lowest BCUT2D eigenvalue weighted by Gasteiger charge is -2.09. The van der Waals surface area contributed by atoms with Gasteiger partial charge in [0.25, 0.3) is 5.91 Å². The highest BCUT2D eigenvalue weighted by Gasteiger charge is 2.21. The van der Waals surface area contributed by atoms with E-state index in [-0.39, 0.29) is 11.6 Å². The quantitative estimate of drug-likeness (QED) is 0.576. The first kappa shape index (κ1) is 13.0. The lowest BCUT2D eigenvalue weighted by atomic mass is 10.1. The molecule has 7 heteroatoms. The van der Waals surface area contributed by atoms with Gasteiger partial charge in [-0.1, -0.05) is 13.8 Å². The molecule has 1 atom stereocenters. The molecule has 0 saturated heterocycles. The number of amides is 2. The van der Waals surface area contributed by atoms with E-state index in [1.54, 1.807) is 0 Å². The van der Waals surface area contributed by atoms with Crippen molar-refractivity contribution < 1.29 is 9.59 Å². The van der Waals surface area contributed by atoms with E-state index in [1.807, 2.05) is 13.8 Å². The molecule has 0 saturated carbocycles. The molecule has 94 valence electrons. The zero-order valence-electron chi connectivity index (χ0n) is 10.1. The Labute approximate surface area is 98.9 Å². The van der Waals surface area contributed by atoms with E-state index in [0.29, 0.717) is 11.4 Å². The first-order chi connectivity index (χ1) is 7.84. The second-order valence-electron chi connectivity index (χ2n) is 4.15. The fraction of sp³-hybridized carbons (Fsp3) is 0.500. The molecule has 1 aromatic rings. The second kappa shape index (κ2) is 4.86. The van der Waals surface area contributed by atoms with Gasteiger partial charge in [0.1, 0.15) is 6.04 Å². The summed E-state index contributed by atoms with van der Waals surface area (Å²) < 4.78 is 0. The van der Waals surface area contributed by atoms with Gasteiger partial charge in [0, 0.05) is 0 Å². The minimum absolute atomic E-state index is 0.0850. The Morgan fingerprint density at radius 3 is 2.35 bits per heavy atom. The highest BCUT2D eigenvalue weighted by Crippen LogP contribution is 2.21. The summed E-state index contributed by atoms with van der Waals surface area (Å²) in [4.78, 5) is 22.5. The van der Waals surface area contributed by atoms with Crippen LogP contribution in [0.5, 0.6) is 0 Å². The maximum atomic E-state index is 11.7. The van der Waals surface area contributed by atoms with Crippen LogP contribution in [-0.4, -0.2) is 28.1 Å². The molecule has 1 rings (SSSR count). The molecule has 0 aliphatic carbocycles.